The minimum atomic E-state index is -4.46. The van der Waals surface area contributed by atoms with Crippen LogP contribution in [0.2, 0.25) is 0 Å². The number of ether oxygens (including phenoxy) is 1. The number of hydrogen-bond acceptors (Lipinski definition) is 7. The first-order valence-electron chi connectivity index (χ1n) is 8.66. The predicted octanol–water partition coefficient (Wildman–Crippen LogP) is 1.31. The first-order valence-corrected chi connectivity index (χ1v) is 8.66. The van der Waals surface area contributed by atoms with Gasteiger partial charge in [0.15, 0.2) is 0 Å². The number of carbonyl (C=O) groups excluding carboxylic acids is 1. The minimum Gasteiger partial charge on any atom is -0.497 e. The molecule has 0 aliphatic carbocycles. The summed E-state index contributed by atoms with van der Waals surface area (Å²) in [7, 11) is 1.50. The Balaban J connectivity index is 1.66. The van der Waals surface area contributed by atoms with Gasteiger partial charge in [-0.3, -0.25) is 9.69 Å². The van der Waals surface area contributed by atoms with E-state index in [9.17, 15) is 18.0 Å². The monoisotopic (exact) mass is 399 g/mol. The number of piperazine rings is 1. The fourth-order valence-corrected chi connectivity index (χ4v) is 2.90. The maximum Gasteiger partial charge on any atom is 0.405 e. The van der Waals surface area contributed by atoms with Gasteiger partial charge in [-0.1, -0.05) is 11.2 Å². The number of nitrogens with zero attached hydrogens (tertiary/aromatic N) is 3. The molecule has 11 heteroatoms. The zero-order valence-electron chi connectivity index (χ0n) is 15.1. The average molecular weight is 399 g/mol. The first kappa shape index (κ1) is 20.1. The summed E-state index contributed by atoms with van der Waals surface area (Å²) >= 11 is 0. The van der Waals surface area contributed by atoms with Crippen molar-refractivity contribution in [2.75, 3.05) is 39.8 Å². The molecule has 2 aromatic rings. The Morgan fingerprint density at radius 2 is 2.14 bits per heavy atom. The van der Waals surface area contributed by atoms with Crippen LogP contribution >= 0.6 is 0 Å². The summed E-state index contributed by atoms with van der Waals surface area (Å²) in [5.74, 6) is -0.536. The number of halogens is 3. The van der Waals surface area contributed by atoms with Gasteiger partial charge in [0, 0.05) is 38.3 Å². The fourth-order valence-electron chi connectivity index (χ4n) is 2.90. The topological polar surface area (TPSA) is 92.5 Å². The molecule has 28 heavy (non-hydrogen) atoms. The predicted molar refractivity (Wildman–Crippen MR) is 92.9 cm³/mol. The van der Waals surface area contributed by atoms with E-state index in [2.05, 4.69) is 20.8 Å². The molecule has 1 fully saturated rings. The van der Waals surface area contributed by atoms with Crippen molar-refractivity contribution in [2.24, 2.45) is 0 Å². The Bertz CT molecular complexity index is 805. The number of hydrogen-bond donors (Lipinski definition) is 2. The van der Waals surface area contributed by atoms with E-state index < -0.39 is 24.7 Å². The van der Waals surface area contributed by atoms with Crippen molar-refractivity contribution in [3.63, 3.8) is 0 Å². The van der Waals surface area contributed by atoms with E-state index in [0.717, 1.165) is 0 Å². The molecule has 152 valence electrons. The van der Waals surface area contributed by atoms with Gasteiger partial charge >= 0.3 is 6.18 Å². The van der Waals surface area contributed by atoms with Crippen LogP contribution in [0.25, 0.3) is 11.5 Å². The third-order valence-corrected chi connectivity index (χ3v) is 4.37. The van der Waals surface area contributed by atoms with Gasteiger partial charge in [0.2, 0.25) is 0 Å². The number of alkyl halides is 3. The van der Waals surface area contributed by atoms with E-state index in [0.29, 0.717) is 24.4 Å². The molecule has 0 radical (unpaired) electrons. The first-order chi connectivity index (χ1) is 13.4. The van der Waals surface area contributed by atoms with Crippen LogP contribution in [0.1, 0.15) is 10.6 Å². The molecule has 2 N–H and O–H groups in total. The van der Waals surface area contributed by atoms with E-state index in [4.69, 9.17) is 9.26 Å². The van der Waals surface area contributed by atoms with Crippen molar-refractivity contribution in [1.82, 2.24) is 25.7 Å². The second kappa shape index (κ2) is 8.57. The summed E-state index contributed by atoms with van der Waals surface area (Å²) < 4.78 is 50.3. The molecular weight excluding hydrogens is 379 g/mol. The van der Waals surface area contributed by atoms with E-state index in [1.54, 1.807) is 24.3 Å². The molecule has 1 amide bonds. The summed E-state index contributed by atoms with van der Waals surface area (Å²) in [5.41, 5.74) is 0.528. The van der Waals surface area contributed by atoms with E-state index in [1.165, 1.54) is 12.0 Å². The number of carbonyl (C=O) groups is 1. The normalized spacial score (nSPS) is 16.6. The van der Waals surface area contributed by atoms with E-state index >= 15 is 0 Å². The molecule has 1 atom stereocenters. The lowest BCUT2D eigenvalue weighted by Crippen LogP contribution is -2.57. The summed E-state index contributed by atoms with van der Waals surface area (Å²) in [6.45, 7) is 0.848. The van der Waals surface area contributed by atoms with Gasteiger partial charge in [0.25, 0.3) is 17.6 Å². The number of rotatable bonds is 6. The molecule has 1 aromatic heterocycles. The van der Waals surface area contributed by atoms with Crippen LogP contribution in [0.15, 0.2) is 28.8 Å². The molecule has 0 bridgehead atoms. The molecule has 3 rings (SSSR count). The lowest BCUT2D eigenvalue weighted by atomic mass is 10.2. The van der Waals surface area contributed by atoms with Crippen LogP contribution < -0.4 is 15.4 Å². The number of aromatic nitrogens is 2. The van der Waals surface area contributed by atoms with Gasteiger partial charge in [-0.2, -0.15) is 18.2 Å². The summed E-state index contributed by atoms with van der Waals surface area (Å²) in [5, 5.41) is 8.82. The third-order valence-electron chi connectivity index (χ3n) is 4.37. The summed E-state index contributed by atoms with van der Waals surface area (Å²) in [4.78, 5) is 17.5. The number of nitrogens with one attached hydrogen (secondary N) is 2. The highest BCUT2D eigenvalue weighted by atomic mass is 19.4. The Morgan fingerprint density at radius 3 is 2.82 bits per heavy atom. The van der Waals surface area contributed by atoms with Crippen molar-refractivity contribution >= 4 is 5.91 Å². The Hall–Kier alpha value is -2.66. The van der Waals surface area contributed by atoms with Gasteiger partial charge in [-0.15, -0.1) is 0 Å². The smallest absolute Gasteiger partial charge is 0.405 e. The second-order valence-electron chi connectivity index (χ2n) is 6.21. The van der Waals surface area contributed by atoms with Crippen LogP contribution in [0.3, 0.4) is 0 Å². The van der Waals surface area contributed by atoms with Crippen molar-refractivity contribution in [1.29, 1.82) is 0 Å². The van der Waals surface area contributed by atoms with Gasteiger partial charge in [-0.25, -0.2) is 0 Å². The standard InChI is InChI=1S/C17H20F3N5O3/c1-27-12-4-2-3-11(9-12)16-23-14(24-28-16)15(26)22-10-13(17(18,19)20)25-7-5-21-6-8-25/h2-4,9,13,21H,5-8,10H2,1H3,(H,22,26). The average Bonchev–Trinajstić information content (AvgIpc) is 3.18. The highest BCUT2D eigenvalue weighted by Crippen LogP contribution is 2.25. The Morgan fingerprint density at radius 1 is 1.39 bits per heavy atom. The quantitative estimate of drug-likeness (QED) is 0.757. The molecule has 1 aliphatic heterocycles. The Kier molecular flexibility index (Phi) is 6.15. The SMILES string of the molecule is COc1cccc(-c2nc(C(=O)NCC(N3CCNCC3)C(F)(F)F)no2)c1. The van der Waals surface area contributed by atoms with Gasteiger partial charge in [0.1, 0.15) is 11.8 Å². The lowest BCUT2D eigenvalue weighted by Gasteiger charge is -2.35. The summed E-state index contributed by atoms with van der Waals surface area (Å²) in [6, 6.07) is 4.98. The zero-order valence-corrected chi connectivity index (χ0v) is 15.1. The Labute approximate surface area is 159 Å². The van der Waals surface area contributed by atoms with Crippen LogP contribution in [0.4, 0.5) is 13.2 Å². The van der Waals surface area contributed by atoms with Crippen molar-refractivity contribution in [3.05, 3.63) is 30.1 Å². The molecule has 2 heterocycles. The fraction of sp³-hybridized carbons (Fsp3) is 0.471. The van der Waals surface area contributed by atoms with Gasteiger partial charge in [0.05, 0.1) is 7.11 Å². The third kappa shape index (κ3) is 4.78. The van der Waals surface area contributed by atoms with Crippen molar-refractivity contribution in [3.8, 4) is 17.2 Å². The van der Waals surface area contributed by atoms with Crippen LogP contribution in [0, 0.1) is 0 Å². The molecule has 1 saturated heterocycles. The number of methoxy groups -OCH3 is 1. The van der Waals surface area contributed by atoms with Crippen LogP contribution in [-0.4, -0.2) is 73.0 Å². The maximum atomic E-state index is 13.4. The molecule has 0 saturated carbocycles. The number of benzene rings is 1. The highest BCUT2D eigenvalue weighted by Gasteiger charge is 2.44. The molecular formula is C17H20F3N5O3. The molecule has 0 spiro atoms. The van der Waals surface area contributed by atoms with Crippen LogP contribution in [0.5, 0.6) is 5.75 Å². The van der Waals surface area contributed by atoms with E-state index in [1.807, 2.05) is 0 Å². The largest absolute Gasteiger partial charge is 0.497 e. The lowest BCUT2D eigenvalue weighted by molar-refractivity contribution is -0.183. The van der Waals surface area contributed by atoms with Crippen LogP contribution in [-0.2, 0) is 0 Å². The molecule has 8 nitrogen and oxygen atoms in total. The van der Waals surface area contributed by atoms with Crippen molar-refractivity contribution < 1.29 is 27.2 Å². The van der Waals surface area contributed by atoms with E-state index in [-0.39, 0.29) is 24.8 Å². The van der Waals surface area contributed by atoms with Gasteiger partial charge in [-0.05, 0) is 18.2 Å². The maximum absolute atomic E-state index is 13.4. The number of amides is 1. The van der Waals surface area contributed by atoms with Gasteiger partial charge < -0.3 is 19.9 Å². The molecule has 1 unspecified atom stereocenters. The zero-order chi connectivity index (χ0) is 20.1. The summed E-state index contributed by atoms with van der Waals surface area (Å²) in [6.07, 6.45) is -4.46. The minimum absolute atomic E-state index is 0.0681. The molecule has 1 aromatic carbocycles. The molecule has 1 aliphatic rings. The van der Waals surface area contributed by atoms with Crippen molar-refractivity contribution in [2.45, 2.75) is 12.2 Å². The highest BCUT2D eigenvalue weighted by molar-refractivity contribution is 5.90. The second-order valence-corrected chi connectivity index (χ2v) is 6.21.